The number of carbonyl (C=O) groups is 3. The fourth-order valence-electron chi connectivity index (χ4n) is 5.76. The molecular weight excluding hydrogens is 536 g/mol. The number of benzene rings is 2. The number of likely N-dealkylation sites (N-methyl/N-ethyl adjacent to an activating group) is 1. The van der Waals surface area contributed by atoms with Crippen LogP contribution in [0.1, 0.15) is 67.4 Å². The Hall–Kier alpha value is -3.63. The number of anilines is 1. The lowest BCUT2D eigenvalue weighted by molar-refractivity contribution is -0.134. The molecule has 1 fully saturated rings. The molecule has 2 aromatic carbocycles. The number of ether oxygens (including phenoxy) is 1. The quantitative estimate of drug-likeness (QED) is 0.351. The number of hydrogen-bond acceptors (Lipinski definition) is 6. The zero-order valence-electron chi connectivity index (χ0n) is 24.8. The SMILES string of the molecule is C[C@H](CO)N1C[C@H](C)[C@H](CN(C)Cc2ccc(C(=O)O)cc2)Oc2ccc(NC(=O)NC3CCCCC3)cc2CC1=O. The molecule has 4 N–H and O–H groups in total. The Bertz CT molecular complexity index is 1230. The third-order valence-corrected chi connectivity index (χ3v) is 8.26. The summed E-state index contributed by atoms with van der Waals surface area (Å²) in [6, 6.07) is 11.8. The molecule has 0 saturated heterocycles. The van der Waals surface area contributed by atoms with Crippen LogP contribution in [0.2, 0.25) is 0 Å². The number of rotatable bonds is 9. The van der Waals surface area contributed by atoms with Gasteiger partial charge >= 0.3 is 12.0 Å². The van der Waals surface area contributed by atoms with Crippen LogP contribution in [0.15, 0.2) is 42.5 Å². The summed E-state index contributed by atoms with van der Waals surface area (Å²) in [6.07, 6.45) is 5.24. The van der Waals surface area contributed by atoms with Crippen molar-refractivity contribution in [2.24, 2.45) is 5.92 Å². The van der Waals surface area contributed by atoms with E-state index in [0.717, 1.165) is 31.2 Å². The molecule has 10 nitrogen and oxygen atoms in total. The maximum Gasteiger partial charge on any atom is 0.335 e. The lowest BCUT2D eigenvalue weighted by Crippen LogP contribution is -2.47. The molecule has 4 rings (SSSR count). The Kier molecular flexibility index (Phi) is 10.8. The van der Waals surface area contributed by atoms with Gasteiger partial charge in [0, 0.05) is 42.8 Å². The van der Waals surface area contributed by atoms with Crippen LogP contribution in [0.4, 0.5) is 10.5 Å². The smallest absolute Gasteiger partial charge is 0.335 e. The normalized spacial score (nSPS) is 20.5. The first-order valence-electron chi connectivity index (χ1n) is 14.9. The van der Waals surface area contributed by atoms with Gasteiger partial charge in [-0.2, -0.15) is 0 Å². The maximum atomic E-state index is 13.5. The van der Waals surface area contributed by atoms with Crippen molar-refractivity contribution in [3.05, 3.63) is 59.2 Å². The lowest BCUT2D eigenvalue weighted by Gasteiger charge is -2.34. The van der Waals surface area contributed by atoms with Gasteiger partial charge in [-0.25, -0.2) is 9.59 Å². The van der Waals surface area contributed by atoms with Crippen molar-refractivity contribution in [2.45, 2.75) is 77.1 Å². The molecule has 1 aliphatic heterocycles. The molecule has 10 heteroatoms. The van der Waals surface area contributed by atoms with Gasteiger partial charge in [0.25, 0.3) is 0 Å². The summed E-state index contributed by atoms with van der Waals surface area (Å²) in [6.45, 7) is 5.30. The third-order valence-electron chi connectivity index (χ3n) is 8.26. The summed E-state index contributed by atoms with van der Waals surface area (Å²) < 4.78 is 6.59. The van der Waals surface area contributed by atoms with Crippen molar-refractivity contribution in [1.82, 2.24) is 15.1 Å². The van der Waals surface area contributed by atoms with Gasteiger partial charge in [-0.1, -0.05) is 38.3 Å². The van der Waals surface area contributed by atoms with Crippen molar-refractivity contribution in [1.29, 1.82) is 0 Å². The Morgan fingerprint density at radius 2 is 1.83 bits per heavy atom. The van der Waals surface area contributed by atoms with Gasteiger partial charge < -0.3 is 30.5 Å². The van der Waals surface area contributed by atoms with Crippen molar-refractivity contribution >= 4 is 23.6 Å². The number of amides is 3. The summed E-state index contributed by atoms with van der Waals surface area (Å²) in [5, 5.41) is 25.1. The van der Waals surface area contributed by atoms with Gasteiger partial charge in [-0.3, -0.25) is 9.69 Å². The highest BCUT2D eigenvalue weighted by molar-refractivity contribution is 5.90. The Morgan fingerprint density at radius 1 is 1.12 bits per heavy atom. The number of hydrogen-bond donors (Lipinski definition) is 4. The number of carboxylic acid groups (broad SMARTS) is 1. The molecule has 1 aliphatic carbocycles. The number of aliphatic hydroxyl groups is 1. The van der Waals surface area contributed by atoms with Crippen molar-refractivity contribution in [3.8, 4) is 5.75 Å². The van der Waals surface area contributed by atoms with Gasteiger partial charge in [0.15, 0.2) is 0 Å². The van der Waals surface area contributed by atoms with Gasteiger partial charge in [0.1, 0.15) is 11.9 Å². The summed E-state index contributed by atoms with van der Waals surface area (Å²) in [5.41, 5.74) is 2.49. The molecule has 0 aromatic heterocycles. The highest BCUT2D eigenvalue weighted by atomic mass is 16.5. The molecule has 228 valence electrons. The second kappa shape index (κ2) is 14.5. The lowest BCUT2D eigenvalue weighted by atomic mass is 9.96. The molecular formula is C32H44N4O6. The van der Waals surface area contributed by atoms with Crippen LogP contribution in [-0.4, -0.2) is 82.9 Å². The Morgan fingerprint density at radius 3 is 2.50 bits per heavy atom. The van der Waals surface area contributed by atoms with E-state index in [1.54, 1.807) is 29.2 Å². The van der Waals surface area contributed by atoms with E-state index in [-0.39, 0.29) is 54.6 Å². The molecule has 2 aliphatic rings. The van der Waals surface area contributed by atoms with Gasteiger partial charge in [-0.15, -0.1) is 0 Å². The number of urea groups is 1. The number of nitrogens with one attached hydrogen (secondary N) is 2. The topological polar surface area (TPSA) is 131 Å². The molecule has 1 saturated carbocycles. The predicted molar refractivity (Wildman–Crippen MR) is 161 cm³/mol. The molecule has 3 amide bonds. The molecule has 0 bridgehead atoms. The van der Waals surface area contributed by atoms with Crippen LogP contribution in [0.5, 0.6) is 5.75 Å². The maximum absolute atomic E-state index is 13.5. The number of fused-ring (bicyclic) bond motifs is 1. The monoisotopic (exact) mass is 580 g/mol. The van der Waals surface area contributed by atoms with E-state index in [1.807, 2.05) is 39.1 Å². The molecule has 0 radical (unpaired) electrons. The summed E-state index contributed by atoms with van der Waals surface area (Å²) in [7, 11) is 1.98. The number of aliphatic hydroxyl groups excluding tert-OH is 1. The predicted octanol–water partition coefficient (Wildman–Crippen LogP) is 4.12. The number of carboxylic acids is 1. The second-order valence-electron chi connectivity index (χ2n) is 11.8. The van der Waals surface area contributed by atoms with Crippen LogP contribution in [0.25, 0.3) is 0 Å². The average Bonchev–Trinajstić information content (AvgIpc) is 3.00. The molecule has 0 spiro atoms. The molecule has 1 heterocycles. The first-order chi connectivity index (χ1) is 20.1. The molecule has 42 heavy (non-hydrogen) atoms. The standard InChI is InChI=1S/C32H44N4O6/c1-21-17-36(22(2)20-37)30(38)16-25-15-27(34-32(41)33-26-7-5-4-6-8-26)13-14-28(25)42-29(21)19-35(3)18-23-9-11-24(12-10-23)31(39)40/h9-15,21-22,26,29,37H,4-8,16-20H2,1-3H3,(H,39,40)(H2,33,34,41)/t21-,22+,29-/m0/s1. The summed E-state index contributed by atoms with van der Waals surface area (Å²) in [5.74, 6) is -0.522. The Labute approximate surface area is 248 Å². The fraction of sp³-hybridized carbons (Fsp3) is 0.531. The summed E-state index contributed by atoms with van der Waals surface area (Å²) in [4.78, 5) is 41.2. The van der Waals surface area contributed by atoms with Gasteiger partial charge in [0.2, 0.25) is 5.91 Å². The van der Waals surface area contributed by atoms with E-state index < -0.39 is 5.97 Å². The largest absolute Gasteiger partial charge is 0.488 e. The zero-order chi connectivity index (χ0) is 30.2. The van der Waals surface area contributed by atoms with E-state index in [9.17, 15) is 24.6 Å². The van der Waals surface area contributed by atoms with E-state index >= 15 is 0 Å². The molecule has 2 aromatic rings. The van der Waals surface area contributed by atoms with E-state index in [2.05, 4.69) is 15.5 Å². The van der Waals surface area contributed by atoms with Crippen LogP contribution in [0, 0.1) is 5.92 Å². The molecule has 0 unspecified atom stereocenters. The minimum absolute atomic E-state index is 0.0511. The number of aromatic carboxylic acids is 1. The van der Waals surface area contributed by atoms with Crippen LogP contribution in [-0.2, 0) is 17.8 Å². The van der Waals surface area contributed by atoms with Crippen molar-refractivity contribution in [2.75, 3.05) is 32.1 Å². The van der Waals surface area contributed by atoms with Crippen molar-refractivity contribution in [3.63, 3.8) is 0 Å². The first kappa shape index (κ1) is 31.3. The van der Waals surface area contributed by atoms with Crippen LogP contribution >= 0.6 is 0 Å². The van der Waals surface area contributed by atoms with Gasteiger partial charge in [-0.05, 0) is 62.7 Å². The van der Waals surface area contributed by atoms with Crippen LogP contribution in [0.3, 0.4) is 0 Å². The van der Waals surface area contributed by atoms with E-state index in [1.165, 1.54) is 6.42 Å². The highest BCUT2D eigenvalue weighted by Gasteiger charge is 2.31. The Balaban J connectivity index is 1.52. The summed E-state index contributed by atoms with van der Waals surface area (Å²) >= 11 is 0. The highest BCUT2D eigenvalue weighted by Crippen LogP contribution is 2.29. The van der Waals surface area contributed by atoms with Crippen molar-refractivity contribution < 1.29 is 29.3 Å². The van der Waals surface area contributed by atoms with Crippen LogP contribution < -0.4 is 15.4 Å². The minimum Gasteiger partial charge on any atom is -0.488 e. The van der Waals surface area contributed by atoms with E-state index in [4.69, 9.17) is 4.74 Å². The first-order valence-corrected chi connectivity index (χ1v) is 14.9. The van der Waals surface area contributed by atoms with Gasteiger partial charge in [0.05, 0.1) is 24.6 Å². The second-order valence-corrected chi connectivity index (χ2v) is 11.8. The van der Waals surface area contributed by atoms with E-state index in [0.29, 0.717) is 36.6 Å². The minimum atomic E-state index is -0.958. The average molecular weight is 581 g/mol. The fourth-order valence-corrected chi connectivity index (χ4v) is 5.76. The number of nitrogens with zero attached hydrogens (tertiary/aromatic N) is 2. The number of carbonyl (C=O) groups excluding carboxylic acids is 2. The zero-order valence-corrected chi connectivity index (χ0v) is 24.8. The third kappa shape index (κ3) is 8.45. The molecule has 3 atom stereocenters.